The van der Waals surface area contributed by atoms with Crippen LogP contribution in [0.5, 0.6) is 0 Å². The van der Waals surface area contributed by atoms with Crippen molar-refractivity contribution in [3.05, 3.63) is 59.9 Å². The van der Waals surface area contributed by atoms with Gasteiger partial charge >= 0.3 is 0 Å². The monoisotopic (exact) mass is 256 g/mol. The van der Waals surface area contributed by atoms with Crippen LogP contribution >= 0.6 is 0 Å². The summed E-state index contributed by atoms with van der Waals surface area (Å²) in [6, 6.07) is 0.417. The summed E-state index contributed by atoms with van der Waals surface area (Å²) in [5, 5.41) is 3.56. The Labute approximate surface area is 116 Å². The van der Waals surface area contributed by atoms with Crippen LogP contribution in [0.2, 0.25) is 0 Å². The quantitative estimate of drug-likeness (QED) is 0.716. The Morgan fingerprint density at radius 2 is 1.89 bits per heavy atom. The second-order valence-corrected chi connectivity index (χ2v) is 5.77. The van der Waals surface area contributed by atoms with Crippen molar-refractivity contribution >= 4 is 0 Å². The maximum atomic E-state index is 5.61. The number of allylic oxidation sites excluding steroid dienone is 7. The van der Waals surface area contributed by atoms with E-state index in [0.717, 1.165) is 25.1 Å². The third-order valence-electron chi connectivity index (χ3n) is 3.68. The Morgan fingerprint density at radius 1 is 1.16 bits per heavy atom. The van der Waals surface area contributed by atoms with Gasteiger partial charge in [-0.15, -0.1) is 0 Å². The summed E-state index contributed by atoms with van der Waals surface area (Å²) in [5.74, 6) is 0. The lowest BCUT2D eigenvalue weighted by atomic mass is 9.84. The van der Waals surface area contributed by atoms with Crippen LogP contribution in [0.3, 0.4) is 0 Å². The van der Waals surface area contributed by atoms with Gasteiger partial charge in [0, 0.05) is 5.70 Å². The zero-order chi connectivity index (χ0) is 13.7. The van der Waals surface area contributed by atoms with Crippen molar-refractivity contribution in [2.24, 2.45) is 11.1 Å². The van der Waals surface area contributed by atoms with E-state index >= 15 is 0 Å². The van der Waals surface area contributed by atoms with E-state index in [1.54, 1.807) is 0 Å². The minimum absolute atomic E-state index is 0.263. The predicted molar refractivity (Wildman–Crippen MR) is 82.6 cm³/mol. The molecule has 0 aromatic heterocycles. The van der Waals surface area contributed by atoms with E-state index in [0.29, 0.717) is 6.04 Å². The van der Waals surface area contributed by atoms with Crippen molar-refractivity contribution in [1.29, 1.82) is 0 Å². The Morgan fingerprint density at radius 3 is 2.68 bits per heavy atom. The lowest BCUT2D eigenvalue weighted by Crippen LogP contribution is -2.23. The highest BCUT2D eigenvalue weighted by atomic mass is 15.0. The molecule has 2 aliphatic rings. The normalized spacial score (nSPS) is 24.9. The number of nitrogens with one attached hydrogen (secondary N) is 1. The number of nitrogens with two attached hydrogens (primary N) is 1. The molecule has 0 bridgehead atoms. The Bertz CT molecular complexity index is 462. The van der Waals surface area contributed by atoms with Gasteiger partial charge < -0.3 is 11.1 Å². The van der Waals surface area contributed by atoms with Gasteiger partial charge in [-0.2, -0.15) is 0 Å². The van der Waals surface area contributed by atoms with Gasteiger partial charge in [0.2, 0.25) is 0 Å². The first-order valence-corrected chi connectivity index (χ1v) is 7.04. The number of hydrogen-bond donors (Lipinski definition) is 2. The third-order valence-corrected chi connectivity index (χ3v) is 3.68. The molecule has 0 spiro atoms. The molecule has 19 heavy (non-hydrogen) atoms. The summed E-state index contributed by atoms with van der Waals surface area (Å²) in [7, 11) is 0. The van der Waals surface area contributed by atoms with Gasteiger partial charge in [-0.1, -0.05) is 50.3 Å². The van der Waals surface area contributed by atoms with E-state index in [9.17, 15) is 0 Å². The molecule has 0 aromatic carbocycles. The van der Waals surface area contributed by atoms with Crippen LogP contribution in [-0.2, 0) is 0 Å². The summed E-state index contributed by atoms with van der Waals surface area (Å²) in [6.07, 6.45) is 19.0. The molecular weight excluding hydrogens is 232 g/mol. The highest BCUT2D eigenvalue weighted by Crippen LogP contribution is 2.42. The van der Waals surface area contributed by atoms with Crippen LogP contribution in [0.15, 0.2) is 59.9 Å². The van der Waals surface area contributed by atoms with Crippen molar-refractivity contribution in [1.82, 2.24) is 5.32 Å². The standard InChI is InChI=1S/C17H24N2/c1-17(2,11-8-12-18)15-13-16(15)19-14-9-6-4-3-5-7-10-14/h3-7,9-10,13,16,19H,8,11-12,18H2,1-2H3/b4-3-,5-3?,6-4?,7-5-,9-6?,10-7?,14-9?,14-10?. The fraction of sp³-hybridized carbons (Fsp3) is 0.412. The molecule has 2 heteroatoms. The summed E-state index contributed by atoms with van der Waals surface area (Å²) in [5.41, 5.74) is 8.54. The van der Waals surface area contributed by atoms with Gasteiger partial charge in [-0.3, -0.25) is 0 Å². The number of rotatable bonds is 6. The molecule has 2 rings (SSSR count). The van der Waals surface area contributed by atoms with Crippen molar-refractivity contribution in [3.63, 3.8) is 0 Å². The van der Waals surface area contributed by atoms with Crippen LogP contribution in [0.4, 0.5) is 0 Å². The molecule has 0 saturated carbocycles. The van der Waals surface area contributed by atoms with Gasteiger partial charge in [0.05, 0.1) is 6.04 Å². The van der Waals surface area contributed by atoms with E-state index < -0.39 is 0 Å². The smallest absolute Gasteiger partial charge is 0.0667 e. The highest BCUT2D eigenvalue weighted by molar-refractivity contribution is 5.43. The maximum absolute atomic E-state index is 5.61. The molecule has 0 aromatic rings. The second kappa shape index (κ2) is 6.07. The molecule has 0 radical (unpaired) electrons. The van der Waals surface area contributed by atoms with Gasteiger partial charge in [-0.05, 0) is 42.5 Å². The van der Waals surface area contributed by atoms with E-state index in [2.05, 4.69) is 49.5 Å². The first kappa shape index (κ1) is 13.9. The van der Waals surface area contributed by atoms with Crippen LogP contribution in [-0.4, -0.2) is 12.6 Å². The Balaban J connectivity index is 1.87. The summed E-state index contributed by atoms with van der Waals surface area (Å²) < 4.78 is 0. The van der Waals surface area contributed by atoms with Gasteiger partial charge in [0.1, 0.15) is 0 Å². The lowest BCUT2D eigenvalue weighted by molar-refractivity contribution is 0.399. The molecule has 1 unspecified atom stereocenters. The number of hydrogen-bond acceptors (Lipinski definition) is 2. The molecule has 0 heterocycles. The first-order valence-electron chi connectivity index (χ1n) is 7.04. The summed E-state index contributed by atoms with van der Waals surface area (Å²) in [4.78, 5) is 0. The minimum Gasteiger partial charge on any atom is -0.375 e. The largest absolute Gasteiger partial charge is 0.375 e. The average Bonchev–Trinajstić information content (AvgIpc) is 3.10. The minimum atomic E-state index is 0.263. The highest BCUT2D eigenvalue weighted by Gasteiger charge is 2.36. The molecule has 0 fully saturated rings. The Kier molecular flexibility index (Phi) is 4.43. The Hall–Kier alpha value is -1.54. The van der Waals surface area contributed by atoms with E-state index in [-0.39, 0.29) is 5.41 Å². The zero-order valence-corrected chi connectivity index (χ0v) is 11.9. The fourth-order valence-corrected chi connectivity index (χ4v) is 2.43. The predicted octanol–water partition coefficient (Wildman–Crippen LogP) is 3.22. The molecule has 1 atom stereocenters. The van der Waals surface area contributed by atoms with Gasteiger partial charge in [-0.25, -0.2) is 0 Å². The van der Waals surface area contributed by atoms with Gasteiger partial charge in [0.25, 0.3) is 0 Å². The molecule has 0 amide bonds. The van der Waals surface area contributed by atoms with Crippen LogP contribution in [0.25, 0.3) is 0 Å². The zero-order valence-electron chi connectivity index (χ0n) is 11.9. The van der Waals surface area contributed by atoms with Crippen LogP contribution < -0.4 is 11.1 Å². The van der Waals surface area contributed by atoms with Crippen molar-refractivity contribution < 1.29 is 0 Å². The molecule has 102 valence electrons. The summed E-state index contributed by atoms with van der Waals surface area (Å²) in [6.45, 7) is 5.39. The molecule has 2 nitrogen and oxygen atoms in total. The van der Waals surface area contributed by atoms with E-state index in [4.69, 9.17) is 5.73 Å². The average molecular weight is 256 g/mol. The first-order chi connectivity index (χ1) is 9.13. The molecule has 3 N–H and O–H groups in total. The van der Waals surface area contributed by atoms with Gasteiger partial charge in [0.15, 0.2) is 0 Å². The molecule has 0 saturated heterocycles. The third kappa shape index (κ3) is 3.97. The van der Waals surface area contributed by atoms with Crippen molar-refractivity contribution in [2.75, 3.05) is 6.54 Å². The van der Waals surface area contributed by atoms with Crippen molar-refractivity contribution in [3.8, 4) is 0 Å². The van der Waals surface area contributed by atoms with E-state index in [1.165, 1.54) is 5.57 Å². The maximum Gasteiger partial charge on any atom is 0.0667 e. The summed E-state index contributed by atoms with van der Waals surface area (Å²) >= 11 is 0. The molecular formula is C17H24N2. The topological polar surface area (TPSA) is 38.0 Å². The van der Waals surface area contributed by atoms with Crippen LogP contribution in [0.1, 0.15) is 26.7 Å². The second-order valence-electron chi connectivity index (χ2n) is 5.77. The van der Waals surface area contributed by atoms with E-state index in [1.807, 2.05) is 18.2 Å². The lowest BCUT2D eigenvalue weighted by Gasteiger charge is -2.23. The van der Waals surface area contributed by atoms with Crippen molar-refractivity contribution in [2.45, 2.75) is 32.7 Å². The fourth-order valence-electron chi connectivity index (χ4n) is 2.43. The molecule has 0 aliphatic heterocycles. The SMILES string of the molecule is CC(C)(CCCN)C1=CC1NC1=C/C=C\C=C/C=C1. The molecule has 2 aliphatic carbocycles. The van der Waals surface area contributed by atoms with Crippen LogP contribution in [0, 0.1) is 5.41 Å².